The summed E-state index contributed by atoms with van der Waals surface area (Å²) in [4.78, 5) is 13.3. The summed E-state index contributed by atoms with van der Waals surface area (Å²) in [7, 11) is 2.04. The monoisotopic (exact) mass is 317 g/mol. The maximum Gasteiger partial charge on any atom is 0.279 e. The predicted molar refractivity (Wildman–Crippen MR) is 93.6 cm³/mol. The Balaban J connectivity index is 1.83. The van der Waals surface area contributed by atoms with Gasteiger partial charge in [-0.05, 0) is 46.9 Å². The molecule has 22 heavy (non-hydrogen) atoms. The third-order valence-electron chi connectivity index (χ3n) is 3.92. The molecule has 0 aliphatic heterocycles. The molecule has 0 saturated carbocycles. The highest BCUT2D eigenvalue weighted by Crippen LogP contribution is 2.20. The van der Waals surface area contributed by atoms with E-state index in [2.05, 4.69) is 48.1 Å². The minimum absolute atomic E-state index is 0.0593. The highest BCUT2D eigenvalue weighted by molar-refractivity contribution is 7.07. The van der Waals surface area contributed by atoms with E-state index < -0.39 is 0 Å². The Morgan fingerprint density at radius 3 is 2.59 bits per heavy atom. The molecule has 118 valence electrons. The molecular formula is C18H25N2OS+. The van der Waals surface area contributed by atoms with Crippen LogP contribution in [-0.4, -0.2) is 19.5 Å². The van der Waals surface area contributed by atoms with Crippen molar-refractivity contribution in [1.29, 1.82) is 0 Å². The lowest BCUT2D eigenvalue weighted by Gasteiger charge is -2.14. The van der Waals surface area contributed by atoms with E-state index in [-0.39, 0.29) is 5.91 Å². The second kappa shape index (κ2) is 8.11. The Morgan fingerprint density at radius 1 is 1.27 bits per heavy atom. The molecule has 3 nitrogen and oxygen atoms in total. The molecule has 1 amide bonds. The minimum Gasteiger partial charge on any atom is -0.326 e. The number of nitrogens with one attached hydrogen (secondary N) is 2. The van der Waals surface area contributed by atoms with Crippen LogP contribution in [0.15, 0.2) is 41.1 Å². The molecule has 2 aromatic rings. The van der Waals surface area contributed by atoms with E-state index in [0.29, 0.717) is 12.5 Å². The summed E-state index contributed by atoms with van der Waals surface area (Å²) in [5.41, 5.74) is 3.48. The molecule has 0 fully saturated rings. The molecule has 1 heterocycles. The zero-order chi connectivity index (χ0) is 15.9. The van der Waals surface area contributed by atoms with Crippen molar-refractivity contribution in [2.24, 2.45) is 0 Å². The van der Waals surface area contributed by atoms with Gasteiger partial charge < -0.3 is 10.2 Å². The van der Waals surface area contributed by atoms with Gasteiger partial charge in [0.25, 0.3) is 5.91 Å². The van der Waals surface area contributed by atoms with Crippen molar-refractivity contribution in [1.82, 2.24) is 0 Å². The van der Waals surface area contributed by atoms with Crippen molar-refractivity contribution in [2.45, 2.75) is 32.7 Å². The number of hydrogen-bond donors (Lipinski definition) is 2. The first-order valence-electron chi connectivity index (χ1n) is 7.80. The summed E-state index contributed by atoms with van der Waals surface area (Å²) in [5.74, 6) is 0.620. The molecule has 0 bridgehead atoms. The number of hydrogen-bond acceptors (Lipinski definition) is 2. The lowest BCUT2D eigenvalue weighted by molar-refractivity contribution is -0.885. The van der Waals surface area contributed by atoms with Crippen LogP contribution in [0.25, 0.3) is 0 Å². The van der Waals surface area contributed by atoms with Gasteiger partial charge in [0.15, 0.2) is 6.54 Å². The van der Waals surface area contributed by atoms with Crippen LogP contribution in [0.1, 0.15) is 37.3 Å². The average molecular weight is 317 g/mol. The van der Waals surface area contributed by atoms with E-state index in [1.807, 2.05) is 19.2 Å². The van der Waals surface area contributed by atoms with Gasteiger partial charge in [0.05, 0.1) is 7.05 Å². The van der Waals surface area contributed by atoms with Crippen LogP contribution in [0.4, 0.5) is 5.69 Å². The van der Waals surface area contributed by atoms with E-state index in [0.717, 1.165) is 18.7 Å². The summed E-state index contributed by atoms with van der Waals surface area (Å²) in [6.07, 6.45) is 1.13. The first-order chi connectivity index (χ1) is 10.6. The number of carbonyl (C=O) groups excluding carboxylic acids is 1. The molecule has 1 aromatic carbocycles. The number of likely N-dealkylation sites (N-methyl/N-ethyl adjacent to an activating group) is 1. The fourth-order valence-electron chi connectivity index (χ4n) is 2.41. The van der Waals surface area contributed by atoms with Crippen LogP contribution < -0.4 is 10.2 Å². The Morgan fingerprint density at radius 2 is 2.00 bits per heavy atom. The molecule has 0 saturated heterocycles. The molecule has 1 aromatic heterocycles. The first-order valence-corrected chi connectivity index (χ1v) is 8.75. The van der Waals surface area contributed by atoms with Crippen LogP contribution in [0, 0.1) is 0 Å². The maximum atomic E-state index is 12.1. The summed E-state index contributed by atoms with van der Waals surface area (Å²) < 4.78 is 0. The lowest BCUT2D eigenvalue weighted by Crippen LogP contribution is -3.08. The topological polar surface area (TPSA) is 33.5 Å². The molecule has 0 aliphatic carbocycles. The molecule has 4 heteroatoms. The number of carbonyl (C=O) groups is 1. The van der Waals surface area contributed by atoms with Gasteiger partial charge in [0.2, 0.25) is 0 Å². The van der Waals surface area contributed by atoms with Crippen molar-refractivity contribution in [3.63, 3.8) is 0 Å². The third kappa shape index (κ3) is 4.97. The summed E-state index contributed by atoms with van der Waals surface area (Å²) in [6, 6.07) is 10.3. The fourth-order valence-corrected chi connectivity index (χ4v) is 3.08. The van der Waals surface area contributed by atoms with Crippen molar-refractivity contribution in [3.05, 3.63) is 52.2 Å². The summed E-state index contributed by atoms with van der Waals surface area (Å²) >= 11 is 1.69. The van der Waals surface area contributed by atoms with Gasteiger partial charge in [-0.25, -0.2) is 0 Å². The van der Waals surface area contributed by atoms with E-state index in [4.69, 9.17) is 0 Å². The van der Waals surface area contributed by atoms with Crippen molar-refractivity contribution < 1.29 is 9.69 Å². The quantitative estimate of drug-likeness (QED) is 0.809. The lowest BCUT2D eigenvalue weighted by atomic mass is 9.99. The molecule has 2 rings (SSSR count). The van der Waals surface area contributed by atoms with Gasteiger partial charge >= 0.3 is 0 Å². The average Bonchev–Trinajstić information content (AvgIpc) is 2.99. The van der Waals surface area contributed by atoms with Crippen LogP contribution in [0.3, 0.4) is 0 Å². The Hall–Kier alpha value is -1.65. The normalized spacial score (nSPS) is 13.6. The number of amides is 1. The van der Waals surface area contributed by atoms with Gasteiger partial charge in [0.1, 0.15) is 6.54 Å². The first kappa shape index (κ1) is 16.7. The fraction of sp³-hybridized carbons (Fsp3) is 0.389. The zero-order valence-corrected chi connectivity index (χ0v) is 14.4. The molecule has 0 radical (unpaired) electrons. The number of anilines is 1. The third-order valence-corrected chi connectivity index (χ3v) is 4.66. The van der Waals surface area contributed by atoms with Gasteiger partial charge in [-0.2, -0.15) is 11.3 Å². The van der Waals surface area contributed by atoms with Gasteiger partial charge in [-0.1, -0.05) is 26.0 Å². The molecule has 0 spiro atoms. The van der Waals surface area contributed by atoms with Crippen molar-refractivity contribution in [3.8, 4) is 0 Å². The predicted octanol–water partition coefficient (Wildman–Crippen LogP) is 2.92. The molecule has 2 N–H and O–H groups in total. The van der Waals surface area contributed by atoms with Crippen LogP contribution in [0.5, 0.6) is 0 Å². The molecular weight excluding hydrogens is 292 g/mol. The summed E-state index contributed by atoms with van der Waals surface area (Å²) in [6.45, 7) is 5.76. The summed E-state index contributed by atoms with van der Waals surface area (Å²) in [5, 5.41) is 7.18. The smallest absolute Gasteiger partial charge is 0.279 e. The highest BCUT2D eigenvalue weighted by atomic mass is 32.1. The van der Waals surface area contributed by atoms with E-state index >= 15 is 0 Å². The Kier molecular flexibility index (Phi) is 6.16. The number of benzene rings is 1. The number of thiophene rings is 1. The molecule has 2 atom stereocenters. The van der Waals surface area contributed by atoms with Crippen molar-refractivity contribution >= 4 is 22.9 Å². The molecule has 0 aliphatic rings. The van der Waals surface area contributed by atoms with Gasteiger partial charge in [0, 0.05) is 11.3 Å². The van der Waals surface area contributed by atoms with Gasteiger partial charge in [-0.15, -0.1) is 0 Å². The maximum absolute atomic E-state index is 12.1. The Labute approximate surface area is 137 Å². The van der Waals surface area contributed by atoms with E-state index in [1.165, 1.54) is 16.0 Å². The second-order valence-corrected chi connectivity index (χ2v) is 6.70. The molecule has 1 unspecified atom stereocenters. The highest BCUT2D eigenvalue weighted by Gasteiger charge is 2.11. The minimum atomic E-state index is 0.0593. The number of quaternary nitrogens is 1. The zero-order valence-electron chi connectivity index (χ0n) is 13.6. The number of rotatable bonds is 7. The van der Waals surface area contributed by atoms with Crippen LogP contribution in [0.2, 0.25) is 0 Å². The van der Waals surface area contributed by atoms with E-state index in [1.54, 1.807) is 11.3 Å². The van der Waals surface area contributed by atoms with Gasteiger partial charge in [-0.3, -0.25) is 4.79 Å². The standard InChI is InChI=1S/C18H24N2OS/c1-4-14(2)16-5-7-17(8-6-16)19-18(21)12-20(3)11-15-9-10-22-13-15/h5-10,13-14H,4,11-12H2,1-3H3,(H,19,21)/p+1/t14-/m0/s1. The van der Waals surface area contributed by atoms with Crippen LogP contribution in [-0.2, 0) is 11.3 Å². The van der Waals surface area contributed by atoms with E-state index in [9.17, 15) is 4.79 Å². The SMILES string of the molecule is CC[C@H](C)c1ccc(NC(=O)C[NH+](C)Cc2ccsc2)cc1. The second-order valence-electron chi connectivity index (χ2n) is 5.92. The van der Waals surface area contributed by atoms with Crippen molar-refractivity contribution in [2.75, 3.05) is 18.9 Å². The largest absolute Gasteiger partial charge is 0.326 e. The van der Waals surface area contributed by atoms with Crippen LogP contribution >= 0.6 is 11.3 Å². The Bertz CT molecular complexity index is 578.